The molecule has 0 aliphatic carbocycles. The number of nitrogens with one attached hydrogen (secondary N) is 1. The van der Waals surface area contributed by atoms with E-state index in [-0.39, 0.29) is 11.6 Å². The van der Waals surface area contributed by atoms with Gasteiger partial charge >= 0.3 is 0 Å². The number of rotatable bonds is 5. The van der Waals surface area contributed by atoms with Crippen LogP contribution >= 0.6 is 0 Å². The predicted molar refractivity (Wildman–Crippen MR) is 94.4 cm³/mol. The van der Waals surface area contributed by atoms with Crippen molar-refractivity contribution in [3.8, 4) is 16.9 Å². The number of nitrogens with zero attached hydrogens (tertiary/aromatic N) is 2. The average molecular weight is 356 g/mol. The number of carbonyl (C=O) groups excluding carboxylic acids is 1. The first-order valence-electron chi connectivity index (χ1n) is 7.91. The maximum absolute atomic E-state index is 13.7. The standard InChI is InChI=1S/C18H17FN4O3/c1-3-25-15-6-4-11(19)8-13(15)12-5-7-16(21-17(12)20)22-18(24)14-9-26-23-10(14)2/h4-9H,3H2,1-2H3,(H3,20,21,22,24). The third kappa shape index (κ3) is 3.49. The van der Waals surface area contributed by atoms with Crippen molar-refractivity contribution in [1.82, 2.24) is 10.1 Å². The molecule has 0 bridgehead atoms. The summed E-state index contributed by atoms with van der Waals surface area (Å²) in [5.41, 5.74) is 7.79. The molecule has 2 heterocycles. The lowest BCUT2D eigenvalue weighted by Crippen LogP contribution is -2.14. The molecule has 8 heteroatoms. The highest BCUT2D eigenvalue weighted by atomic mass is 19.1. The summed E-state index contributed by atoms with van der Waals surface area (Å²) in [4.78, 5) is 16.4. The van der Waals surface area contributed by atoms with Crippen LogP contribution in [0.5, 0.6) is 5.75 Å². The Hall–Kier alpha value is -3.42. The summed E-state index contributed by atoms with van der Waals surface area (Å²) in [6.45, 7) is 3.92. The van der Waals surface area contributed by atoms with Gasteiger partial charge in [-0.25, -0.2) is 9.37 Å². The number of anilines is 2. The van der Waals surface area contributed by atoms with Crippen LogP contribution in [0.25, 0.3) is 11.1 Å². The summed E-state index contributed by atoms with van der Waals surface area (Å²) in [5.74, 6) is 0.0641. The highest BCUT2D eigenvalue weighted by Gasteiger charge is 2.16. The molecule has 2 aromatic heterocycles. The molecular weight excluding hydrogens is 339 g/mol. The van der Waals surface area contributed by atoms with Crippen LogP contribution < -0.4 is 15.8 Å². The number of halogens is 1. The molecule has 3 N–H and O–H groups in total. The third-order valence-corrected chi connectivity index (χ3v) is 3.69. The lowest BCUT2D eigenvalue weighted by Gasteiger charge is -2.13. The van der Waals surface area contributed by atoms with Crippen molar-refractivity contribution in [2.24, 2.45) is 0 Å². The fourth-order valence-corrected chi connectivity index (χ4v) is 2.46. The Morgan fingerprint density at radius 3 is 2.77 bits per heavy atom. The Morgan fingerprint density at radius 2 is 2.12 bits per heavy atom. The summed E-state index contributed by atoms with van der Waals surface area (Å²) in [7, 11) is 0. The fraction of sp³-hybridized carbons (Fsp3) is 0.167. The molecule has 0 fully saturated rings. The minimum Gasteiger partial charge on any atom is -0.493 e. The number of aryl methyl sites for hydroxylation is 1. The minimum atomic E-state index is -0.414. The van der Waals surface area contributed by atoms with Gasteiger partial charge in [0.1, 0.15) is 35.0 Å². The van der Waals surface area contributed by atoms with Crippen molar-refractivity contribution in [3.63, 3.8) is 0 Å². The van der Waals surface area contributed by atoms with Crippen LogP contribution in [-0.4, -0.2) is 22.7 Å². The summed E-state index contributed by atoms with van der Waals surface area (Å²) in [6, 6.07) is 7.41. The quantitative estimate of drug-likeness (QED) is 0.726. The molecule has 0 saturated heterocycles. The van der Waals surface area contributed by atoms with E-state index in [0.717, 1.165) is 0 Å². The monoisotopic (exact) mass is 356 g/mol. The van der Waals surface area contributed by atoms with Gasteiger partial charge in [0.2, 0.25) is 0 Å². The number of nitrogens with two attached hydrogens (primary N) is 1. The predicted octanol–water partition coefficient (Wildman–Crippen LogP) is 3.42. The first-order chi connectivity index (χ1) is 12.5. The Bertz CT molecular complexity index is 955. The molecule has 7 nitrogen and oxygen atoms in total. The molecule has 0 aliphatic heterocycles. The van der Waals surface area contributed by atoms with Gasteiger partial charge < -0.3 is 20.3 Å². The van der Waals surface area contributed by atoms with Gasteiger partial charge in [-0.3, -0.25) is 4.79 Å². The molecule has 26 heavy (non-hydrogen) atoms. The van der Waals surface area contributed by atoms with Gasteiger partial charge in [0.05, 0.1) is 12.3 Å². The van der Waals surface area contributed by atoms with Crippen molar-refractivity contribution in [2.75, 3.05) is 17.7 Å². The van der Waals surface area contributed by atoms with Crippen LogP contribution in [0.2, 0.25) is 0 Å². The van der Waals surface area contributed by atoms with E-state index < -0.39 is 11.7 Å². The van der Waals surface area contributed by atoms with E-state index in [1.54, 1.807) is 19.1 Å². The molecule has 0 unspecified atom stereocenters. The van der Waals surface area contributed by atoms with Crippen LogP contribution in [0.15, 0.2) is 41.1 Å². The molecule has 3 rings (SSSR count). The first-order valence-corrected chi connectivity index (χ1v) is 7.91. The summed E-state index contributed by atoms with van der Waals surface area (Å²) >= 11 is 0. The van der Waals surface area contributed by atoms with Gasteiger partial charge in [0, 0.05) is 11.1 Å². The van der Waals surface area contributed by atoms with Gasteiger partial charge in [-0.15, -0.1) is 0 Å². The molecule has 3 aromatic rings. The van der Waals surface area contributed by atoms with E-state index in [1.165, 1.54) is 24.5 Å². The largest absolute Gasteiger partial charge is 0.493 e. The smallest absolute Gasteiger partial charge is 0.262 e. The van der Waals surface area contributed by atoms with E-state index in [2.05, 4.69) is 15.5 Å². The van der Waals surface area contributed by atoms with E-state index in [0.29, 0.717) is 34.7 Å². The fourth-order valence-electron chi connectivity index (χ4n) is 2.46. The Labute approximate surface area is 149 Å². The number of amides is 1. The van der Waals surface area contributed by atoms with Crippen LogP contribution in [0.1, 0.15) is 23.0 Å². The summed E-state index contributed by atoms with van der Waals surface area (Å²) in [5, 5.41) is 6.28. The van der Waals surface area contributed by atoms with Gasteiger partial charge in [-0.2, -0.15) is 0 Å². The topological polar surface area (TPSA) is 103 Å². The van der Waals surface area contributed by atoms with E-state index in [9.17, 15) is 9.18 Å². The van der Waals surface area contributed by atoms with Crippen LogP contribution in [-0.2, 0) is 0 Å². The van der Waals surface area contributed by atoms with Crippen LogP contribution in [0.4, 0.5) is 16.0 Å². The number of benzene rings is 1. The normalized spacial score (nSPS) is 10.6. The number of hydrogen-bond donors (Lipinski definition) is 2. The zero-order valence-corrected chi connectivity index (χ0v) is 14.2. The molecule has 1 amide bonds. The van der Waals surface area contributed by atoms with Gasteiger partial charge in [-0.05, 0) is 44.2 Å². The highest BCUT2D eigenvalue weighted by molar-refractivity contribution is 6.04. The molecule has 1 aromatic carbocycles. The van der Waals surface area contributed by atoms with Crippen molar-refractivity contribution < 1.29 is 18.4 Å². The molecule has 0 spiro atoms. The van der Waals surface area contributed by atoms with Crippen molar-refractivity contribution in [2.45, 2.75) is 13.8 Å². The maximum atomic E-state index is 13.7. The third-order valence-electron chi connectivity index (χ3n) is 3.69. The second kappa shape index (κ2) is 7.22. The van der Waals surface area contributed by atoms with E-state index in [4.69, 9.17) is 15.0 Å². The van der Waals surface area contributed by atoms with Gasteiger partial charge in [0.25, 0.3) is 5.91 Å². The van der Waals surface area contributed by atoms with Crippen molar-refractivity contribution >= 4 is 17.5 Å². The van der Waals surface area contributed by atoms with Gasteiger partial charge in [-0.1, -0.05) is 5.16 Å². The van der Waals surface area contributed by atoms with Crippen LogP contribution in [0.3, 0.4) is 0 Å². The molecule has 0 radical (unpaired) electrons. The number of ether oxygens (including phenoxy) is 1. The average Bonchev–Trinajstić information content (AvgIpc) is 3.03. The molecule has 0 saturated carbocycles. The zero-order valence-electron chi connectivity index (χ0n) is 14.2. The molecule has 0 aliphatic rings. The zero-order chi connectivity index (χ0) is 18.7. The summed E-state index contributed by atoms with van der Waals surface area (Å²) < 4.78 is 23.9. The highest BCUT2D eigenvalue weighted by Crippen LogP contribution is 2.34. The lowest BCUT2D eigenvalue weighted by atomic mass is 10.1. The van der Waals surface area contributed by atoms with Crippen molar-refractivity contribution in [3.05, 3.63) is 53.7 Å². The number of hydrogen-bond acceptors (Lipinski definition) is 6. The summed E-state index contributed by atoms with van der Waals surface area (Å²) in [6.07, 6.45) is 1.25. The number of aromatic nitrogens is 2. The van der Waals surface area contributed by atoms with Crippen molar-refractivity contribution in [1.29, 1.82) is 0 Å². The number of pyridine rings is 1. The lowest BCUT2D eigenvalue weighted by molar-refractivity contribution is 0.102. The maximum Gasteiger partial charge on any atom is 0.262 e. The Kier molecular flexibility index (Phi) is 4.83. The first kappa shape index (κ1) is 17.4. The minimum absolute atomic E-state index is 0.136. The van der Waals surface area contributed by atoms with E-state index in [1.807, 2.05) is 6.92 Å². The van der Waals surface area contributed by atoms with E-state index >= 15 is 0 Å². The number of nitrogen functional groups attached to an aromatic ring is 1. The van der Waals surface area contributed by atoms with Gasteiger partial charge in [0.15, 0.2) is 0 Å². The second-order valence-electron chi connectivity index (χ2n) is 5.47. The second-order valence-corrected chi connectivity index (χ2v) is 5.47. The Balaban J connectivity index is 1.90. The molecule has 0 atom stereocenters. The number of carbonyl (C=O) groups is 1. The SMILES string of the molecule is CCOc1ccc(F)cc1-c1ccc(NC(=O)c2conc2C)nc1N. The van der Waals surface area contributed by atoms with Crippen LogP contribution in [0, 0.1) is 12.7 Å². The molecular formula is C18H17FN4O3. The Morgan fingerprint density at radius 1 is 1.31 bits per heavy atom. The molecule has 134 valence electrons.